The van der Waals surface area contributed by atoms with Crippen molar-refractivity contribution in [2.24, 2.45) is 0 Å². The Bertz CT molecular complexity index is 859. The minimum atomic E-state index is -3.00. The van der Waals surface area contributed by atoms with Crippen LogP contribution in [-0.2, 0) is 9.84 Å². The molecule has 5 nitrogen and oxygen atoms in total. The van der Waals surface area contributed by atoms with Crippen LogP contribution in [0.3, 0.4) is 0 Å². The molecule has 1 amide bonds. The van der Waals surface area contributed by atoms with Gasteiger partial charge in [0.15, 0.2) is 9.84 Å². The number of carbonyl (C=O) groups is 1. The number of nitrogens with zero attached hydrogens (tertiary/aromatic N) is 1. The number of benzene rings is 1. The normalized spacial score (nSPS) is 20.2. The molecule has 1 aliphatic rings. The van der Waals surface area contributed by atoms with E-state index in [0.29, 0.717) is 17.7 Å². The zero-order valence-corrected chi connectivity index (χ0v) is 13.4. The van der Waals surface area contributed by atoms with Crippen molar-refractivity contribution in [3.8, 4) is 0 Å². The molecule has 0 saturated carbocycles. The predicted octanol–water partition coefficient (Wildman–Crippen LogP) is 1.77. The Morgan fingerprint density at radius 1 is 1.27 bits per heavy atom. The van der Waals surface area contributed by atoms with Crippen LogP contribution < -0.4 is 5.32 Å². The number of sulfone groups is 1. The Kier molecular flexibility index (Phi) is 3.64. The molecular weight excluding hydrogens is 300 g/mol. The summed E-state index contributed by atoms with van der Waals surface area (Å²) in [6, 6.07) is 7.41. The third-order valence-electron chi connectivity index (χ3n) is 3.98. The number of aromatic nitrogens is 1. The second-order valence-corrected chi connectivity index (χ2v) is 8.12. The molecule has 0 bridgehead atoms. The van der Waals surface area contributed by atoms with Crippen LogP contribution in [-0.4, -0.2) is 36.9 Å². The molecule has 0 spiro atoms. The maximum Gasteiger partial charge on any atom is 0.253 e. The van der Waals surface area contributed by atoms with Crippen molar-refractivity contribution < 1.29 is 13.2 Å². The highest BCUT2D eigenvalue weighted by Crippen LogP contribution is 2.19. The molecule has 1 aromatic carbocycles. The highest BCUT2D eigenvalue weighted by Gasteiger charge is 2.29. The largest absolute Gasteiger partial charge is 0.348 e. The van der Waals surface area contributed by atoms with Gasteiger partial charge in [0.05, 0.1) is 28.3 Å². The van der Waals surface area contributed by atoms with E-state index < -0.39 is 9.84 Å². The van der Waals surface area contributed by atoms with Gasteiger partial charge in [0, 0.05) is 11.4 Å². The molecule has 1 aliphatic heterocycles. The summed E-state index contributed by atoms with van der Waals surface area (Å²) in [5.74, 6) is -0.0842. The van der Waals surface area contributed by atoms with Crippen molar-refractivity contribution >= 4 is 26.6 Å². The van der Waals surface area contributed by atoms with Gasteiger partial charge in [-0.1, -0.05) is 12.1 Å². The summed E-state index contributed by atoms with van der Waals surface area (Å²) in [6.45, 7) is 3.79. The zero-order valence-electron chi connectivity index (χ0n) is 12.6. The first-order chi connectivity index (χ1) is 10.3. The van der Waals surface area contributed by atoms with E-state index in [-0.39, 0.29) is 23.5 Å². The molecule has 2 heterocycles. The van der Waals surface area contributed by atoms with Crippen LogP contribution in [0.15, 0.2) is 24.3 Å². The van der Waals surface area contributed by atoms with Gasteiger partial charge < -0.3 is 5.32 Å². The lowest BCUT2D eigenvalue weighted by Crippen LogP contribution is -2.36. The summed E-state index contributed by atoms with van der Waals surface area (Å²) in [4.78, 5) is 16.9. The van der Waals surface area contributed by atoms with Gasteiger partial charge in [-0.3, -0.25) is 9.78 Å². The summed E-state index contributed by atoms with van der Waals surface area (Å²) in [6.07, 6.45) is 0.479. The van der Waals surface area contributed by atoms with Crippen LogP contribution in [0.2, 0.25) is 0 Å². The van der Waals surface area contributed by atoms with Gasteiger partial charge >= 0.3 is 0 Å². The number of hydrogen-bond acceptors (Lipinski definition) is 4. The summed E-state index contributed by atoms with van der Waals surface area (Å²) in [5, 5.41) is 3.71. The van der Waals surface area contributed by atoms with Crippen molar-refractivity contribution in [2.45, 2.75) is 26.3 Å². The second-order valence-electron chi connectivity index (χ2n) is 5.89. The number of rotatable bonds is 2. The average Bonchev–Trinajstić information content (AvgIpc) is 2.76. The van der Waals surface area contributed by atoms with E-state index in [1.807, 2.05) is 31.2 Å². The van der Waals surface area contributed by atoms with Crippen LogP contribution in [0.5, 0.6) is 0 Å². The highest BCUT2D eigenvalue weighted by atomic mass is 32.2. The Labute approximate surface area is 129 Å². The molecule has 0 unspecified atom stereocenters. The van der Waals surface area contributed by atoms with Gasteiger partial charge in [0.1, 0.15) is 0 Å². The summed E-state index contributed by atoms with van der Waals surface area (Å²) < 4.78 is 22.9. The first-order valence-electron chi connectivity index (χ1n) is 7.23. The van der Waals surface area contributed by atoms with Gasteiger partial charge in [0.25, 0.3) is 5.91 Å². The standard InChI is InChI=1S/C16H18N2O3S/c1-10-3-4-12-8-14(11(2)17-15(12)7-10)16(19)18-13-5-6-22(20,21)9-13/h3-4,7-8,13H,5-6,9H2,1-2H3,(H,18,19)/t13-/m0/s1. The van der Waals surface area contributed by atoms with Gasteiger partial charge in [-0.05, 0) is 38.0 Å². The van der Waals surface area contributed by atoms with Crippen LogP contribution in [0.1, 0.15) is 28.0 Å². The van der Waals surface area contributed by atoms with Gasteiger partial charge in [-0.15, -0.1) is 0 Å². The number of pyridine rings is 1. The Balaban J connectivity index is 1.88. The fourth-order valence-corrected chi connectivity index (χ4v) is 4.45. The molecule has 1 fully saturated rings. The van der Waals surface area contributed by atoms with Crippen molar-refractivity contribution in [1.29, 1.82) is 0 Å². The predicted molar refractivity (Wildman–Crippen MR) is 85.7 cm³/mol. The third-order valence-corrected chi connectivity index (χ3v) is 5.74. The van der Waals surface area contributed by atoms with E-state index in [1.54, 1.807) is 6.92 Å². The fraction of sp³-hybridized carbons (Fsp3) is 0.375. The van der Waals surface area contributed by atoms with Crippen molar-refractivity contribution in [2.75, 3.05) is 11.5 Å². The minimum absolute atomic E-state index is 0.0258. The molecule has 1 atom stereocenters. The van der Waals surface area contributed by atoms with Crippen LogP contribution in [0, 0.1) is 13.8 Å². The van der Waals surface area contributed by atoms with E-state index in [9.17, 15) is 13.2 Å². The Hall–Kier alpha value is -1.95. The van der Waals surface area contributed by atoms with Crippen molar-refractivity contribution in [3.05, 3.63) is 41.1 Å². The van der Waals surface area contributed by atoms with Gasteiger partial charge in [-0.25, -0.2) is 8.42 Å². The molecule has 1 N–H and O–H groups in total. The number of nitrogens with one attached hydrogen (secondary N) is 1. The van der Waals surface area contributed by atoms with Crippen molar-refractivity contribution in [1.82, 2.24) is 10.3 Å². The van der Waals surface area contributed by atoms with Gasteiger partial charge in [0.2, 0.25) is 0 Å². The molecule has 22 heavy (non-hydrogen) atoms. The first kappa shape index (κ1) is 15.0. The third kappa shape index (κ3) is 2.97. The maximum absolute atomic E-state index is 12.4. The van der Waals surface area contributed by atoms with E-state index in [0.717, 1.165) is 16.5 Å². The maximum atomic E-state index is 12.4. The highest BCUT2D eigenvalue weighted by molar-refractivity contribution is 7.91. The molecule has 2 aromatic rings. The summed E-state index contributed by atoms with van der Waals surface area (Å²) in [7, 11) is -3.00. The summed E-state index contributed by atoms with van der Waals surface area (Å²) >= 11 is 0. The molecule has 116 valence electrons. The number of carbonyl (C=O) groups excluding carboxylic acids is 1. The lowest BCUT2D eigenvalue weighted by molar-refractivity contribution is 0.0940. The fourth-order valence-electron chi connectivity index (χ4n) is 2.78. The van der Waals surface area contributed by atoms with Crippen LogP contribution in [0.25, 0.3) is 10.9 Å². The van der Waals surface area contributed by atoms with Crippen LogP contribution in [0.4, 0.5) is 0 Å². The first-order valence-corrected chi connectivity index (χ1v) is 9.05. The van der Waals surface area contributed by atoms with Gasteiger partial charge in [-0.2, -0.15) is 0 Å². The molecule has 0 radical (unpaired) electrons. The lowest BCUT2D eigenvalue weighted by atomic mass is 10.1. The molecule has 1 saturated heterocycles. The molecular formula is C16H18N2O3S. The molecule has 1 aromatic heterocycles. The number of fused-ring (bicyclic) bond motifs is 1. The number of amides is 1. The van der Waals surface area contributed by atoms with E-state index in [4.69, 9.17) is 0 Å². The second kappa shape index (κ2) is 5.35. The molecule has 6 heteroatoms. The average molecular weight is 318 g/mol. The zero-order chi connectivity index (χ0) is 15.9. The van der Waals surface area contributed by atoms with Crippen LogP contribution >= 0.6 is 0 Å². The number of hydrogen-bond donors (Lipinski definition) is 1. The van der Waals surface area contributed by atoms with E-state index >= 15 is 0 Å². The minimum Gasteiger partial charge on any atom is -0.348 e. The molecule has 3 rings (SSSR count). The SMILES string of the molecule is Cc1ccc2cc(C(=O)N[C@H]3CCS(=O)(=O)C3)c(C)nc2c1. The lowest BCUT2D eigenvalue weighted by Gasteiger charge is -2.13. The quantitative estimate of drug-likeness (QED) is 0.915. The smallest absolute Gasteiger partial charge is 0.253 e. The Morgan fingerprint density at radius 3 is 2.73 bits per heavy atom. The number of aryl methyl sites for hydroxylation is 2. The topological polar surface area (TPSA) is 76.1 Å². The van der Waals surface area contributed by atoms with Crippen molar-refractivity contribution in [3.63, 3.8) is 0 Å². The summed E-state index contributed by atoms with van der Waals surface area (Å²) in [5.41, 5.74) is 3.13. The molecule has 0 aliphatic carbocycles. The van der Waals surface area contributed by atoms with E-state index in [2.05, 4.69) is 10.3 Å². The Morgan fingerprint density at radius 2 is 2.05 bits per heavy atom. The van der Waals surface area contributed by atoms with E-state index in [1.165, 1.54) is 0 Å². The monoisotopic (exact) mass is 318 g/mol.